The Morgan fingerprint density at radius 3 is 2.50 bits per heavy atom. The Hall–Kier alpha value is -0.595. The van der Waals surface area contributed by atoms with Crippen molar-refractivity contribution in [3.63, 3.8) is 0 Å². The van der Waals surface area contributed by atoms with Gasteiger partial charge in [-0.05, 0) is 6.92 Å². The first-order chi connectivity index (χ1) is 7.23. The summed E-state index contributed by atoms with van der Waals surface area (Å²) in [5, 5.41) is 8.74. The van der Waals surface area contributed by atoms with Gasteiger partial charge < -0.3 is 9.92 Å². The van der Waals surface area contributed by atoms with Gasteiger partial charge in [-0.3, -0.25) is 4.79 Å². The number of sulfonamides is 1. The summed E-state index contributed by atoms with van der Waals surface area (Å²) in [6.45, 7) is 2.32. The predicted molar refractivity (Wildman–Crippen MR) is 59.5 cm³/mol. The minimum Gasteiger partial charge on any atom is -0.481 e. The van der Waals surface area contributed by atoms with E-state index in [0.29, 0.717) is 13.1 Å². The molecule has 0 spiro atoms. The highest BCUT2D eigenvalue weighted by Gasteiger charge is 2.36. The molecule has 1 aliphatic rings. The summed E-state index contributed by atoms with van der Waals surface area (Å²) in [5.74, 6) is -0.984. The number of rotatable bonds is 3. The maximum absolute atomic E-state index is 11.5. The van der Waals surface area contributed by atoms with E-state index < -0.39 is 28.1 Å². The van der Waals surface area contributed by atoms with Crippen LogP contribution in [-0.2, 0) is 14.8 Å². The van der Waals surface area contributed by atoms with Gasteiger partial charge in [0, 0.05) is 25.2 Å². The molecule has 2 atom stereocenters. The molecule has 0 bridgehead atoms. The standard InChI is InChI=1S/C8H15BN2O4S/c1-6-7(5-8(12)13)10(9)3-4-11(6)16(2,14)15/h6-7H,3-5H2,1-2H3,(H,12,13). The Kier molecular flexibility index (Phi) is 3.98. The third kappa shape index (κ3) is 2.96. The highest BCUT2D eigenvalue weighted by Crippen LogP contribution is 2.20. The largest absolute Gasteiger partial charge is 0.481 e. The molecule has 1 fully saturated rings. The van der Waals surface area contributed by atoms with Crippen LogP contribution < -0.4 is 0 Å². The number of carboxylic acids is 1. The molecule has 0 aromatic carbocycles. The van der Waals surface area contributed by atoms with E-state index in [1.54, 1.807) is 6.92 Å². The Bertz CT molecular complexity index is 372. The topological polar surface area (TPSA) is 77.9 Å². The lowest BCUT2D eigenvalue weighted by molar-refractivity contribution is -0.138. The number of aliphatic carboxylic acids is 1. The van der Waals surface area contributed by atoms with E-state index in [9.17, 15) is 13.2 Å². The first-order valence-corrected chi connectivity index (χ1v) is 6.78. The zero-order valence-electron chi connectivity index (χ0n) is 9.33. The van der Waals surface area contributed by atoms with Crippen LogP contribution in [0.25, 0.3) is 0 Å². The van der Waals surface area contributed by atoms with Crippen LogP contribution in [0.1, 0.15) is 13.3 Å². The van der Waals surface area contributed by atoms with Gasteiger partial charge in [0.15, 0.2) is 7.98 Å². The summed E-state index contributed by atoms with van der Waals surface area (Å²) in [6, 6.07) is -0.911. The fourth-order valence-electron chi connectivity index (χ4n) is 1.99. The second kappa shape index (κ2) is 4.73. The highest BCUT2D eigenvalue weighted by molar-refractivity contribution is 7.88. The van der Waals surface area contributed by atoms with Gasteiger partial charge in [-0.25, -0.2) is 8.42 Å². The van der Waals surface area contributed by atoms with Crippen molar-refractivity contribution in [3.05, 3.63) is 0 Å². The highest BCUT2D eigenvalue weighted by atomic mass is 32.2. The second-order valence-electron chi connectivity index (χ2n) is 4.02. The predicted octanol–water partition coefficient (Wildman–Crippen LogP) is -1.12. The normalized spacial score (nSPS) is 29.1. The molecule has 90 valence electrons. The van der Waals surface area contributed by atoms with Gasteiger partial charge in [0.1, 0.15) is 0 Å². The van der Waals surface area contributed by atoms with Gasteiger partial charge in [0.25, 0.3) is 0 Å². The van der Waals surface area contributed by atoms with Crippen molar-refractivity contribution in [2.75, 3.05) is 19.3 Å². The van der Waals surface area contributed by atoms with Gasteiger partial charge in [0.05, 0.1) is 12.7 Å². The number of nitrogens with zero attached hydrogens (tertiary/aromatic N) is 2. The lowest BCUT2D eigenvalue weighted by atomic mass is 9.98. The molecule has 1 aliphatic heterocycles. The third-order valence-electron chi connectivity index (χ3n) is 2.83. The summed E-state index contributed by atoms with van der Waals surface area (Å²) in [5.41, 5.74) is 0. The van der Waals surface area contributed by atoms with Crippen LogP contribution in [0.5, 0.6) is 0 Å². The maximum Gasteiger partial charge on any atom is 0.304 e. The minimum atomic E-state index is -3.31. The number of carbonyl (C=O) groups is 1. The molecule has 0 aromatic heterocycles. The van der Waals surface area contributed by atoms with Gasteiger partial charge in [-0.2, -0.15) is 4.31 Å². The van der Waals surface area contributed by atoms with Crippen LogP contribution in [0.15, 0.2) is 0 Å². The van der Waals surface area contributed by atoms with Crippen molar-refractivity contribution in [1.82, 2.24) is 9.12 Å². The quantitative estimate of drug-likeness (QED) is 0.638. The molecule has 2 unspecified atom stereocenters. The van der Waals surface area contributed by atoms with E-state index in [1.807, 2.05) is 0 Å². The number of carboxylic acid groups (broad SMARTS) is 1. The molecule has 0 aliphatic carbocycles. The molecule has 1 heterocycles. The molecule has 1 saturated heterocycles. The lowest BCUT2D eigenvalue weighted by Crippen LogP contribution is -2.59. The Morgan fingerprint density at radius 2 is 2.06 bits per heavy atom. The number of hydrogen-bond donors (Lipinski definition) is 1. The fraction of sp³-hybridized carbons (Fsp3) is 0.875. The summed E-state index contributed by atoms with van der Waals surface area (Å²) in [4.78, 5) is 12.1. The molecule has 0 saturated carbocycles. The molecule has 16 heavy (non-hydrogen) atoms. The van der Waals surface area contributed by atoms with E-state index in [-0.39, 0.29) is 6.42 Å². The smallest absolute Gasteiger partial charge is 0.304 e. The Balaban J connectivity index is 2.87. The van der Waals surface area contributed by atoms with E-state index in [0.717, 1.165) is 6.26 Å². The number of piperazine rings is 1. The molecule has 1 N–H and O–H groups in total. The zero-order valence-corrected chi connectivity index (χ0v) is 10.1. The zero-order chi connectivity index (χ0) is 12.5. The number of hydrogen-bond acceptors (Lipinski definition) is 4. The second-order valence-corrected chi connectivity index (χ2v) is 5.95. The van der Waals surface area contributed by atoms with Gasteiger partial charge >= 0.3 is 5.97 Å². The Labute approximate surface area is 96.7 Å². The fourth-order valence-corrected chi connectivity index (χ4v) is 3.14. The Morgan fingerprint density at radius 1 is 1.50 bits per heavy atom. The van der Waals surface area contributed by atoms with Crippen molar-refractivity contribution < 1.29 is 18.3 Å². The van der Waals surface area contributed by atoms with Crippen molar-refractivity contribution in [3.8, 4) is 0 Å². The minimum absolute atomic E-state index is 0.163. The third-order valence-corrected chi connectivity index (χ3v) is 4.19. The molecule has 8 heteroatoms. The molecule has 0 aromatic rings. The van der Waals surface area contributed by atoms with Crippen molar-refractivity contribution in [1.29, 1.82) is 0 Å². The van der Waals surface area contributed by atoms with E-state index in [4.69, 9.17) is 13.1 Å². The average molecular weight is 246 g/mol. The maximum atomic E-state index is 11.5. The molecular weight excluding hydrogens is 231 g/mol. The molecule has 2 radical (unpaired) electrons. The molecule has 0 amide bonds. The lowest BCUT2D eigenvalue weighted by Gasteiger charge is -2.43. The van der Waals surface area contributed by atoms with E-state index in [2.05, 4.69) is 0 Å². The average Bonchev–Trinajstić information content (AvgIpc) is 2.09. The van der Waals surface area contributed by atoms with Crippen LogP contribution in [0.2, 0.25) is 0 Å². The van der Waals surface area contributed by atoms with Crippen LogP contribution in [-0.4, -0.2) is 68.0 Å². The molecule has 1 rings (SSSR count). The first-order valence-electron chi connectivity index (χ1n) is 4.93. The van der Waals surface area contributed by atoms with E-state index in [1.165, 1.54) is 9.12 Å². The van der Waals surface area contributed by atoms with Crippen LogP contribution in [0, 0.1) is 0 Å². The molecular formula is C8H15BN2O4S. The van der Waals surface area contributed by atoms with Gasteiger partial charge in [-0.15, -0.1) is 0 Å². The summed E-state index contributed by atoms with van der Waals surface area (Å²) in [6.07, 6.45) is 0.956. The van der Waals surface area contributed by atoms with Crippen molar-refractivity contribution in [2.24, 2.45) is 0 Å². The molecule has 6 nitrogen and oxygen atoms in total. The summed E-state index contributed by atoms with van der Waals surface area (Å²) >= 11 is 0. The van der Waals surface area contributed by atoms with Crippen LogP contribution in [0.3, 0.4) is 0 Å². The van der Waals surface area contributed by atoms with Crippen LogP contribution >= 0.6 is 0 Å². The SMILES string of the molecule is [B]N1CCN(S(C)(=O)=O)C(C)C1CC(=O)O. The monoisotopic (exact) mass is 246 g/mol. The van der Waals surface area contributed by atoms with Gasteiger partial charge in [0.2, 0.25) is 10.0 Å². The summed E-state index contributed by atoms with van der Waals surface area (Å²) in [7, 11) is 2.36. The first kappa shape index (κ1) is 13.5. The van der Waals surface area contributed by atoms with E-state index >= 15 is 0 Å². The van der Waals surface area contributed by atoms with Crippen molar-refractivity contribution >= 4 is 24.0 Å². The van der Waals surface area contributed by atoms with Crippen LogP contribution in [0.4, 0.5) is 0 Å². The van der Waals surface area contributed by atoms with Crippen molar-refractivity contribution in [2.45, 2.75) is 25.4 Å². The summed E-state index contributed by atoms with van der Waals surface area (Å²) < 4.78 is 24.2. The van der Waals surface area contributed by atoms with Gasteiger partial charge in [-0.1, -0.05) is 0 Å².